The Morgan fingerprint density at radius 3 is 2.67 bits per heavy atom. The second-order valence-electron chi connectivity index (χ2n) is 7.14. The SMILES string of the molecule is O=c1c2ccccc2ncn1CC1CCN(Cc2c(F)cccc2Cl)CC1. The summed E-state index contributed by atoms with van der Waals surface area (Å²) >= 11 is 6.14. The molecule has 1 aromatic heterocycles. The summed E-state index contributed by atoms with van der Waals surface area (Å²) in [5.41, 5.74) is 1.31. The van der Waals surface area contributed by atoms with E-state index >= 15 is 0 Å². The molecule has 0 saturated carbocycles. The summed E-state index contributed by atoms with van der Waals surface area (Å²) < 4.78 is 15.7. The second kappa shape index (κ2) is 7.79. The first-order valence-electron chi connectivity index (χ1n) is 9.21. The fraction of sp³-hybridized carbons (Fsp3) is 0.333. The fourth-order valence-corrected chi connectivity index (χ4v) is 3.97. The lowest BCUT2D eigenvalue weighted by molar-refractivity contribution is 0.165. The van der Waals surface area contributed by atoms with E-state index in [-0.39, 0.29) is 11.4 Å². The first-order valence-corrected chi connectivity index (χ1v) is 9.59. The molecule has 0 spiro atoms. The van der Waals surface area contributed by atoms with E-state index in [1.807, 2.05) is 24.3 Å². The highest BCUT2D eigenvalue weighted by Crippen LogP contribution is 2.25. The van der Waals surface area contributed by atoms with Crippen LogP contribution in [0.2, 0.25) is 5.02 Å². The Kier molecular flexibility index (Phi) is 5.23. The van der Waals surface area contributed by atoms with Crippen LogP contribution in [0, 0.1) is 11.7 Å². The smallest absolute Gasteiger partial charge is 0.261 e. The molecular formula is C21H21ClFN3O. The van der Waals surface area contributed by atoms with Gasteiger partial charge in [0.25, 0.3) is 5.56 Å². The predicted molar refractivity (Wildman–Crippen MR) is 105 cm³/mol. The number of nitrogens with zero attached hydrogens (tertiary/aromatic N) is 3. The molecule has 0 N–H and O–H groups in total. The first-order chi connectivity index (χ1) is 13.1. The highest BCUT2D eigenvalue weighted by molar-refractivity contribution is 6.31. The van der Waals surface area contributed by atoms with Gasteiger partial charge >= 0.3 is 0 Å². The lowest BCUT2D eigenvalue weighted by Crippen LogP contribution is -2.36. The summed E-state index contributed by atoms with van der Waals surface area (Å²) in [6, 6.07) is 12.2. The van der Waals surface area contributed by atoms with Crippen LogP contribution in [0.3, 0.4) is 0 Å². The van der Waals surface area contributed by atoms with Crippen LogP contribution < -0.4 is 5.56 Å². The van der Waals surface area contributed by atoms with Crippen LogP contribution in [0.1, 0.15) is 18.4 Å². The topological polar surface area (TPSA) is 38.1 Å². The van der Waals surface area contributed by atoms with Gasteiger partial charge in [-0.1, -0.05) is 29.8 Å². The van der Waals surface area contributed by atoms with Gasteiger partial charge in [0.15, 0.2) is 0 Å². The monoisotopic (exact) mass is 385 g/mol. The summed E-state index contributed by atoms with van der Waals surface area (Å²) in [6.45, 7) is 2.93. The standard InChI is InChI=1S/C21H21ClFN3O/c22-18-5-3-6-19(23)17(18)13-25-10-8-15(9-11-25)12-26-14-24-20-7-2-1-4-16(20)21(26)27/h1-7,14-15H,8-13H2. The molecule has 0 aliphatic carbocycles. The summed E-state index contributed by atoms with van der Waals surface area (Å²) in [6.07, 6.45) is 3.58. The summed E-state index contributed by atoms with van der Waals surface area (Å²) in [4.78, 5) is 19.3. The number of aromatic nitrogens is 2. The van der Waals surface area contributed by atoms with Crippen LogP contribution >= 0.6 is 11.6 Å². The first kappa shape index (κ1) is 18.1. The quantitative estimate of drug-likeness (QED) is 0.678. The number of fused-ring (bicyclic) bond motifs is 1. The van der Waals surface area contributed by atoms with E-state index in [9.17, 15) is 9.18 Å². The minimum atomic E-state index is -0.251. The van der Waals surface area contributed by atoms with Gasteiger partial charge in [0.2, 0.25) is 0 Å². The zero-order valence-electron chi connectivity index (χ0n) is 14.9. The predicted octanol–water partition coefficient (Wildman–Crippen LogP) is 4.10. The molecule has 1 saturated heterocycles. The molecule has 0 bridgehead atoms. The van der Waals surface area contributed by atoms with Crippen molar-refractivity contribution in [3.63, 3.8) is 0 Å². The van der Waals surface area contributed by atoms with Crippen molar-refractivity contribution in [1.29, 1.82) is 0 Å². The van der Waals surface area contributed by atoms with Gasteiger partial charge in [0, 0.05) is 23.7 Å². The van der Waals surface area contributed by atoms with Gasteiger partial charge in [-0.25, -0.2) is 9.37 Å². The summed E-state index contributed by atoms with van der Waals surface area (Å²) in [7, 11) is 0. The van der Waals surface area contributed by atoms with Gasteiger partial charge in [0.1, 0.15) is 5.82 Å². The van der Waals surface area contributed by atoms with Crippen molar-refractivity contribution in [2.75, 3.05) is 13.1 Å². The minimum Gasteiger partial charge on any atom is -0.299 e. The number of likely N-dealkylation sites (tertiary alicyclic amines) is 1. The van der Waals surface area contributed by atoms with Crippen molar-refractivity contribution < 1.29 is 4.39 Å². The maximum Gasteiger partial charge on any atom is 0.261 e. The van der Waals surface area contributed by atoms with E-state index in [0.717, 1.165) is 31.4 Å². The van der Waals surface area contributed by atoms with Crippen molar-refractivity contribution >= 4 is 22.5 Å². The van der Waals surface area contributed by atoms with Gasteiger partial charge in [0.05, 0.1) is 17.2 Å². The van der Waals surface area contributed by atoms with E-state index in [4.69, 9.17) is 11.6 Å². The average molecular weight is 386 g/mol. The molecule has 6 heteroatoms. The van der Waals surface area contributed by atoms with Crippen molar-refractivity contribution in [2.45, 2.75) is 25.9 Å². The number of para-hydroxylation sites is 1. The largest absolute Gasteiger partial charge is 0.299 e. The summed E-state index contributed by atoms with van der Waals surface area (Å²) in [5, 5.41) is 1.14. The molecule has 1 aliphatic rings. The number of rotatable bonds is 4. The molecule has 140 valence electrons. The minimum absolute atomic E-state index is 0.0150. The van der Waals surface area contributed by atoms with E-state index in [2.05, 4.69) is 9.88 Å². The number of benzene rings is 2. The van der Waals surface area contributed by atoms with E-state index in [1.54, 1.807) is 23.0 Å². The third-order valence-electron chi connectivity index (χ3n) is 5.34. The highest BCUT2D eigenvalue weighted by atomic mass is 35.5. The molecule has 0 amide bonds. The van der Waals surface area contributed by atoms with Crippen LogP contribution in [0.4, 0.5) is 4.39 Å². The molecule has 1 aliphatic heterocycles. The van der Waals surface area contributed by atoms with Crippen LogP contribution in [0.5, 0.6) is 0 Å². The zero-order chi connectivity index (χ0) is 18.8. The Morgan fingerprint density at radius 2 is 1.89 bits per heavy atom. The van der Waals surface area contributed by atoms with Gasteiger partial charge in [-0.15, -0.1) is 0 Å². The van der Waals surface area contributed by atoms with Crippen LogP contribution in [0.25, 0.3) is 10.9 Å². The normalized spacial score (nSPS) is 16.1. The van der Waals surface area contributed by atoms with Crippen LogP contribution in [-0.4, -0.2) is 27.5 Å². The van der Waals surface area contributed by atoms with Gasteiger partial charge in [-0.2, -0.15) is 0 Å². The molecular weight excluding hydrogens is 365 g/mol. The third-order valence-corrected chi connectivity index (χ3v) is 5.69. The van der Waals surface area contributed by atoms with E-state index < -0.39 is 0 Å². The number of hydrogen-bond acceptors (Lipinski definition) is 3. The van der Waals surface area contributed by atoms with Gasteiger partial charge in [-0.3, -0.25) is 14.3 Å². The molecule has 2 heterocycles. The molecule has 1 fully saturated rings. The Bertz CT molecular complexity index is 991. The molecule has 0 unspecified atom stereocenters. The molecule has 0 atom stereocenters. The van der Waals surface area contributed by atoms with Crippen molar-refractivity contribution in [3.05, 3.63) is 75.5 Å². The lowest BCUT2D eigenvalue weighted by atomic mass is 9.96. The number of hydrogen-bond donors (Lipinski definition) is 0. The molecule has 27 heavy (non-hydrogen) atoms. The number of halogens is 2. The average Bonchev–Trinajstić information content (AvgIpc) is 2.68. The van der Waals surface area contributed by atoms with Crippen molar-refractivity contribution in [1.82, 2.24) is 14.5 Å². The van der Waals surface area contributed by atoms with Crippen molar-refractivity contribution in [2.24, 2.45) is 5.92 Å². The van der Waals surface area contributed by atoms with Gasteiger partial charge < -0.3 is 0 Å². The molecule has 3 aromatic rings. The number of piperidine rings is 1. The zero-order valence-corrected chi connectivity index (χ0v) is 15.7. The van der Waals surface area contributed by atoms with Crippen molar-refractivity contribution in [3.8, 4) is 0 Å². The molecule has 4 nitrogen and oxygen atoms in total. The second-order valence-corrected chi connectivity index (χ2v) is 7.55. The van der Waals surface area contributed by atoms with Crippen LogP contribution in [-0.2, 0) is 13.1 Å². The fourth-order valence-electron chi connectivity index (χ4n) is 3.75. The van der Waals surface area contributed by atoms with Gasteiger partial charge in [-0.05, 0) is 56.1 Å². The summed E-state index contributed by atoms with van der Waals surface area (Å²) in [5.74, 6) is 0.163. The van der Waals surface area contributed by atoms with E-state index in [0.29, 0.717) is 35.0 Å². The highest BCUT2D eigenvalue weighted by Gasteiger charge is 2.22. The Balaban J connectivity index is 1.40. The Morgan fingerprint density at radius 1 is 1.11 bits per heavy atom. The van der Waals surface area contributed by atoms with E-state index in [1.165, 1.54) is 6.07 Å². The maximum atomic E-state index is 14.0. The Hall–Kier alpha value is -2.24. The molecule has 0 radical (unpaired) electrons. The lowest BCUT2D eigenvalue weighted by Gasteiger charge is -2.32. The molecule has 2 aromatic carbocycles. The maximum absolute atomic E-state index is 14.0. The molecule has 4 rings (SSSR count). The third kappa shape index (κ3) is 3.89. The Labute approximate surface area is 162 Å². The van der Waals surface area contributed by atoms with Crippen LogP contribution in [0.15, 0.2) is 53.6 Å².